The number of hydrogen-bond donors (Lipinski definition) is 0. The van der Waals surface area contributed by atoms with E-state index < -0.39 is 0 Å². The van der Waals surface area contributed by atoms with Gasteiger partial charge in [-0.15, -0.1) is 0 Å². The second-order valence-corrected chi connectivity index (χ2v) is 3.74. The van der Waals surface area contributed by atoms with Crippen molar-refractivity contribution in [2.24, 2.45) is 0 Å². The lowest BCUT2D eigenvalue weighted by Crippen LogP contribution is -2.01. The molecular formula is C13H8ClO2. The highest BCUT2D eigenvalue weighted by Crippen LogP contribution is 2.24. The van der Waals surface area contributed by atoms with E-state index >= 15 is 0 Å². The van der Waals surface area contributed by atoms with E-state index in [1.807, 2.05) is 6.07 Å². The fourth-order valence-electron chi connectivity index (χ4n) is 1.42. The number of hydrogen-bond acceptors (Lipinski definition) is 1. The largest absolute Gasteiger partial charge is 0.290 e. The highest BCUT2D eigenvalue weighted by molar-refractivity contribution is 6.35. The zero-order valence-electron chi connectivity index (χ0n) is 8.31. The van der Waals surface area contributed by atoms with Crippen LogP contribution in [0, 0.1) is 0 Å². The minimum atomic E-state index is -0.233. The van der Waals surface area contributed by atoms with Crippen LogP contribution >= 0.6 is 11.6 Å². The van der Waals surface area contributed by atoms with Gasteiger partial charge >= 0.3 is 0 Å². The van der Waals surface area contributed by atoms with Gasteiger partial charge in [-0.3, -0.25) is 9.90 Å². The van der Waals surface area contributed by atoms with Gasteiger partial charge < -0.3 is 0 Å². The Hall–Kier alpha value is -1.80. The van der Waals surface area contributed by atoms with E-state index in [2.05, 4.69) is 0 Å². The van der Waals surface area contributed by atoms with Gasteiger partial charge in [-0.25, -0.2) is 0 Å². The Morgan fingerprint density at radius 1 is 1.00 bits per heavy atom. The van der Waals surface area contributed by atoms with Crippen molar-refractivity contribution < 1.29 is 9.90 Å². The van der Waals surface area contributed by atoms with Gasteiger partial charge in [-0.1, -0.05) is 41.9 Å². The van der Waals surface area contributed by atoms with Gasteiger partial charge in [0.05, 0.1) is 5.02 Å². The number of carbonyl (C=O) groups excluding carboxylic acids is 1. The maximum absolute atomic E-state index is 12.0. The molecule has 0 heterocycles. The molecule has 0 N–H and O–H groups in total. The Labute approximate surface area is 98.1 Å². The highest BCUT2D eigenvalue weighted by atomic mass is 35.5. The summed E-state index contributed by atoms with van der Waals surface area (Å²) in [7, 11) is 0. The van der Waals surface area contributed by atoms with E-state index in [0.29, 0.717) is 10.6 Å². The van der Waals surface area contributed by atoms with Crippen LogP contribution in [0.5, 0.6) is 5.75 Å². The molecule has 2 aromatic carbocycles. The topological polar surface area (TPSA) is 37.0 Å². The van der Waals surface area contributed by atoms with Crippen molar-refractivity contribution in [3.63, 3.8) is 0 Å². The Morgan fingerprint density at radius 3 is 2.38 bits per heavy atom. The van der Waals surface area contributed by atoms with Crippen molar-refractivity contribution in [3.05, 3.63) is 64.7 Å². The van der Waals surface area contributed by atoms with Gasteiger partial charge in [0.25, 0.3) is 0 Å². The monoisotopic (exact) mass is 231 g/mol. The van der Waals surface area contributed by atoms with Crippen LogP contribution in [0.1, 0.15) is 15.9 Å². The van der Waals surface area contributed by atoms with E-state index in [1.165, 1.54) is 18.2 Å². The summed E-state index contributed by atoms with van der Waals surface area (Å²) in [5.41, 5.74) is 0.773. The maximum Gasteiger partial charge on any atom is 0.194 e. The standard InChI is InChI=1S/C13H8ClO2/c14-12-7-6-10(15)8-11(12)13(16)9-4-2-1-3-5-9/h1-8H. The lowest BCUT2D eigenvalue weighted by molar-refractivity contribution is 0.103. The molecule has 2 aromatic rings. The first kappa shape index (κ1) is 10.7. The molecule has 79 valence electrons. The summed E-state index contributed by atoms with van der Waals surface area (Å²) in [6, 6.07) is 12.8. The first-order valence-electron chi connectivity index (χ1n) is 4.75. The van der Waals surface area contributed by atoms with Crippen LogP contribution < -0.4 is 0 Å². The highest BCUT2D eigenvalue weighted by Gasteiger charge is 2.13. The minimum Gasteiger partial charge on any atom is -0.290 e. The quantitative estimate of drug-likeness (QED) is 0.726. The van der Waals surface area contributed by atoms with E-state index in [9.17, 15) is 9.90 Å². The number of carbonyl (C=O) groups is 1. The molecule has 0 saturated heterocycles. The van der Waals surface area contributed by atoms with Gasteiger partial charge in [0.1, 0.15) is 0 Å². The molecule has 2 nitrogen and oxygen atoms in total. The van der Waals surface area contributed by atoms with E-state index in [0.717, 1.165) is 0 Å². The van der Waals surface area contributed by atoms with Gasteiger partial charge in [0.2, 0.25) is 0 Å². The summed E-state index contributed by atoms with van der Waals surface area (Å²) >= 11 is 5.88. The predicted molar refractivity (Wildman–Crippen MR) is 61.5 cm³/mol. The molecule has 0 aromatic heterocycles. The van der Waals surface area contributed by atoms with Gasteiger partial charge in [-0.05, 0) is 18.2 Å². The number of ketones is 1. The minimum absolute atomic E-state index is 0.219. The van der Waals surface area contributed by atoms with Crippen molar-refractivity contribution in [1.29, 1.82) is 0 Å². The molecule has 0 atom stereocenters. The molecule has 0 spiro atoms. The van der Waals surface area contributed by atoms with Crippen molar-refractivity contribution in [2.75, 3.05) is 0 Å². The molecule has 0 aliphatic carbocycles. The third-order valence-electron chi connectivity index (χ3n) is 2.22. The first-order chi connectivity index (χ1) is 7.68. The fraction of sp³-hybridized carbons (Fsp3) is 0. The molecule has 2 rings (SSSR count). The van der Waals surface area contributed by atoms with Gasteiger partial charge in [-0.2, -0.15) is 0 Å². The van der Waals surface area contributed by atoms with Crippen molar-refractivity contribution in [2.45, 2.75) is 0 Å². The molecule has 0 unspecified atom stereocenters. The SMILES string of the molecule is [O]c1ccc(Cl)c(C(=O)c2ccccc2)c1. The van der Waals surface area contributed by atoms with E-state index in [-0.39, 0.29) is 17.1 Å². The summed E-state index contributed by atoms with van der Waals surface area (Å²) < 4.78 is 0. The Kier molecular flexibility index (Phi) is 2.93. The molecule has 0 bridgehead atoms. The fourth-order valence-corrected chi connectivity index (χ4v) is 1.63. The van der Waals surface area contributed by atoms with Gasteiger partial charge in [0, 0.05) is 11.1 Å². The number of rotatable bonds is 2. The summed E-state index contributed by atoms with van der Waals surface area (Å²) in [4.78, 5) is 12.0. The van der Waals surface area contributed by atoms with Crippen LogP contribution in [0.25, 0.3) is 0 Å². The second-order valence-electron chi connectivity index (χ2n) is 3.34. The number of halogens is 1. The molecular weight excluding hydrogens is 224 g/mol. The molecule has 0 amide bonds. The maximum atomic E-state index is 12.0. The van der Waals surface area contributed by atoms with E-state index in [1.54, 1.807) is 24.3 Å². The smallest absolute Gasteiger partial charge is 0.194 e. The van der Waals surface area contributed by atoms with Crippen LogP contribution in [0.4, 0.5) is 0 Å². The molecule has 0 fully saturated rings. The number of benzene rings is 2. The molecule has 0 aliphatic heterocycles. The third kappa shape index (κ3) is 2.07. The first-order valence-corrected chi connectivity index (χ1v) is 5.12. The predicted octanol–water partition coefficient (Wildman–Crippen LogP) is 3.71. The molecule has 0 aliphatic rings. The summed E-state index contributed by atoms with van der Waals surface area (Å²) in [6.45, 7) is 0. The third-order valence-corrected chi connectivity index (χ3v) is 2.55. The Morgan fingerprint density at radius 2 is 1.69 bits per heavy atom. The molecule has 16 heavy (non-hydrogen) atoms. The second kappa shape index (κ2) is 4.37. The average Bonchev–Trinajstić information content (AvgIpc) is 2.32. The lowest BCUT2D eigenvalue weighted by atomic mass is 10.0. The average molecular weight is 232 g/mol. The van der Waals surface area contributed by atoms with Crippen LogP contribution in [0.2, 0.25) is 5.02 Å². The summed E-state index contributed by atoms with van der Waals surface area (Å²) in [6.07, 6.45) is 0. The lowest BCUT2D eigenvalue weighted by Gasteiger charge is -2.03. The van der Waals surface area contributed by atoms with Crippen LogP contribution in [0.15, 0.2) is 48.5 Å². The summed E-state index contributed by atoms with van der Waals surface area (Å²) in [5, 5.41) is 11.5. The van der Waals surface area contributed by atoms with Crippen molar-refractivity contribution in [1.82, 2.24) is 0 Å². The Bertz CT molecular complexity index is 521. The van der Waals surface area contributed by atoms with Gasteiger partial charge in [0.15, 0.2) is 11.5 Å². The zero-order chi connectivity index (χ0) is 11.5. The normalized spacial score (nSPS) is 10.1. The van der Waals surface area contributed by atoms with Crippen LogP contribution in [0.3, 0.4) is 0 Å². The Balaban J connectivity index is 2.46. The van der Waals surface area contributed by atoms with E-state index in [4.69, 9.17) is 11.6 Å². The van der Waals surface area contributed by atoms with Crippen molar-refractivity contribution in [3.8, 4) is 5.75 Å². The molecule has 1 radical (unpaired) electrons. The zero-order valence-corrected chi connectivity index (χ0v) is 9.07. The summed E-state index contributed by atoms with van der Waals surface area (Å²) in [5.74, 6) is -0.452. The molecule has 3 heteroatoms. The van der Waals surface area contributed by atoms with Crippen LogP contribution in [-0.4, -0.2) is 5.78 Å². The van der Waals surface area contributed by atoms with Crippen LogP contribution in [-0.2, 0) is 5.11 Å². The molecule has 0 saturated carbocycles. The van der Waals surface area contributed by atoms with Crippen molar-refractivity contribution >= 4 is 17.4 Å².